The minimum absolute atomic E-state index is 0. The van der Waals surface area contributed by atoms with E-state index in [1.54, 1.807) is 43.6 Å². The highest BCUT2D eigenvalue weighted by molar-refractivity contribution is 5.11. The van der Waals surface area contributed by atoms with Crippen LogP contribution in [0.4, 0.5) is 0 Å². The van der Waals surface area contributed by atoms with Gasteiger partial charge in [0, 0.05) is 31.8 Å². The number of rotatable bonds is 2. The molecular weight excluding hydrogens is 376 g/mol. The summed E-state index contributed by atoms with van der Waals surface area (Å²) in [5, 5.41) is 0. The van der Waals surface area contributed by atoms with Crippen molar-refractivity contribution in [2.45, 2.75) is 58.9 Å². The van der Waals surface area contributed by atoms with E-state index in [1.165, 1.54) is 5.56 Å². The maximum Gasteiger partial charge on any atom is 0.295 e. The summed E-state index contributed by atoms with van der Waals surface area (Å²) < 4.78 is 11.4. The molecule has 178 valence electrons. The lowest BCUT2D eigenvalue weighted by molar-refractivity contribution is 0.366. The first kappa shape index (κ1) is 45.7. The van der Waals surface area contributed by atoms with Crippen molar-refractivity contribution in [2.24, 2.45) is 7.05 Å². The molecule has 2 aromatic heterocycles. The van der Waals surface area contributed by atoms with E-state index in [0.29, 0.717) is 11.9 Å². The van der Waals surface area contributed by atoms with Gasteiger partial charge in [-0.15, -0.1) is 0 Å². The van der Waals surface area contributed by atoms with E-state index >= 15 is 0 Å². The summed E-state index contributed by atoms with van der Waals surface area (Å²) >= 11 is 0. The lowest BCUT2D eigenvalue weighted by Crippen LogP contribution is -1.92. The van der Waals surface area contributed by atoms with Crippen LogP contribution in [-0.2, 0) is 7.05 Å². The first-order chi connectivity index (χ1) is 11.2. The van der Waals surface area contributed by atoms with E-state index in [1.807, 2.05) is 31.4 Å². The fraction of sp³-hybridized carbons (Fsp3) is 0.458. The van der Waals surface area contributed by atoms with Gasteiger partial charge < -0.3 is 14.0 Å². The summed E-state index contributed by atoms with van der Waals surface area (Å²) in [5.41, 5.74) is 1.32. The second kappa shape index (κ2) is 28.3. The van der Waals surface area contributed by atoms with E-state index in [0.717, 1.165) is 0 Å². The summed E-state index contributed by atoms with van der Waals surface area (Å²) in [6, 6.07) is 10.9. The quantitative estimate of drug-likeness (QED) is 0.428. The molecule has 6 heteroatoms. The van der Waals surface area contributed by atoms with E-state index in [9.17, 15) is 0 Å². The van der Waals surface area contributed by atoms with Crippen molar-refractivity contribution in [3.05, 3.63) is 66.9 Å². The lowest BCUT2D eigenvalue weighted by Gasteiger charge is -1.94. The normalized spacial score (nSPS) is 6.80. The fourth-order valence-corrected chi connectivity index (χ4v) is 1.47. The zero-order chi connectivity index (χ0) is 16.9. The molecule has 0 amide bonds. The third-order valence-corrected chi connectivity index (χ3v) is 2.65. The molecule has 30 heavy (non-hydrogen) atoms. The van der Waals surface area contributed by atoms with Crippen molar-refractivity contribution in [3.8, 4) is 11.9 Å². The molecule has 0 aliphatic heterocycles. The van der Waals surface area contributed by atoms with E-state index < -0.39 is 0 Å². The molecular formula is C24H50N4O2. The Hall–Kier alpha value is -2.89. The number of hydrogen-bond acceptors (Lipinski definition) is 5. The number of nitrogens with zero attached hydrogens (tertiary/aromatic N) is 4. The van der Waals surface area contributed by atoms with Gasteiger partial charge in [0.1, 0.15) is 0 Å². The topological polar surface area (TPSA) is 62.1 Å². The van der Waals surface area contributed by atoms with Crippen LogP contribution in [0.25, 0.3) is 0 Å². The summed E-state index contributed by atoms with van der Waals surface area (Å²) in [6.45, 7) is 2.08. The van der Waals surface area contributed by atoms with Crippen LogP contribution in [0.3, 0.4) is 0 Å². The summed E-state index contributed by atoms with van der Waals surface area (Å²) in [6.07, 6.45) is 8.26. The van der Waals surface area contributed by atoms with Crippen LogP contribution in [-0.4, -0.2) is 33.7 Å². The monoisotopic (exact) mass is 426 g/mol. The summed E-state index contributed by atoms with van der Waals surface area (Å²) in [4.78, 5) is 11.5. The van der Waals surface area contributed by atoms with Crippen LogP contribution in [0.2, 0.25) is 0 Å². The molecule has 0 bridgehead atoms. The third kappa shape index (κ3) is 19.9. The molecule has 2 heterocycles. The third-order valence-electron chi connectivity index (χ3n) is 2.65. The van der Waals surface area contributed by atoms with Crippen LogP contribution >= 0.6 is 0 Å². The second-order valence-electron chi connectivity index (χ2n) is 4.43. The van der Waals surface area contributed by atoms with E-state index in [4.69, 9.17) is 9.47 Å². The number of aromatic nitrogens is 4. The van der Waals surface area contributed by atoms with Gasteiger partial charge in [0.15, 0.2) is 0 Å². The molecule has 1 aromatic carbocycles. The van der Waals surface area contributed by atoms with Gasteiger partial charge in [-0.05, 0) is 6.92 Å². The predicted molar refractivity (Wildman–Crippen MR) is 137 cm³/mol. The standard InChI is InChI=1S/C7H8.C5H8N2O.C5H6N2O.7CH4/c1-7-5-3-2-4-6-7;1-7-4-3-6-5(7)8-2;1-8-5-4-6-2-3-7-5;;;;;;;/h2-6H,1H3;3-4H,1-2H3;2-4H,1H3;7*1H4. The minimum Gasteiger partial charge on any atom is -0.480 e. The van der Waals surface area contributed by atoms with Crippen LogP contribution < -0.4 is 9.47 Å². The Labute approximate surface area is 188 Å². The largest absolute Gasteiger partial charge is 0.480 e. The molecule has 0 spiro atoms. The van der Waals surface area contributed by atoms with Crippen molar-refractivity contribution in [1.82, 2.24) is 19.5 Å². The molecule has 3 aromatic rings. The van der Waals surface area contributed by atoms with Gasteiger partial charge in [-0.1, -0.05) is 87.9 Å². The molecule has 3 rings (SSSR count). The smallest absolute Gasteiger partial charge is 0.295 e. The van der Waals surface area contributed by atoms with Crippen LogP contribution in [0, 0.1) is 6.92 Å². The number of benzene rings is 1. The van der Waals surface area contributed by atoms with Crippen LogP contribution in [0.1, 0.15) is 57.6 Å². The first-order valence-corrected chi connectivity index (χ1v) is 7.00. The molecule has 0 aliphatic carbocycles. The molecule has 0 aliphatic rings. The SMILES string of the molecule is C.C.C.C.C.C.C.COc1cnccn1.COc1nccn1C.Cc1ccccc1. The zero-order valence-corrected chi connectivity index (χ0v) is 13.9. The van der Waals surface area contributed by atoms with Crippen molar-refractivity contribution in [3.63, 3.8) is 0 Å². The molecule has 0 saturated heterocycles. The average Bonchev–Trinajstić information content (AvgIpc) is 3.02. The molecule has 0 radical (unpaired) electrons. The van der Waals surface area contributed by atoms with E-state index in [-0.39, 0.29) is 52.0 Å². The van der Waals surface area contributed by atoms with Gasteiger partial charge >= 0.3 is 0 Å². The highest BCUT2D eigenvalue weighted by Crippen LogP contribution is 2.00. The average molecular weight is 427 g/mol. The first-order valence-electron chi connectivity index (χ1n) is 7.00. The Bertz CT molecular complexity index is 645. The van der Waals surface area contributed by atoms with Gasteiger partial charge in [-0.2, -0.15) is 0 Å². The van der Waals surface area contributed by atoms with Gasteiger partial charge in [-0.3, -0.25) is 4.98 Å². The maximum absolute atomic E-state index is 4.84. The van der Waals surface area contributed by atoms with Gasteiger partial charge in [0.25, 0.3) is 6.01 Å². The van der Waals surface area contributed by atoms with Crippen LogP contribution in [0.15, 0.2) is 61.3 Å². The Morgan fingerprint density at radius 1 is 0.733 bits per heavy atom. The van der Waals surface area contributed by atoms with Gasteiger partial charge in [0.05, 0.1) is 20.4 Å². The molecule has 0 N–H and O–H groups in total. The Morgan fingerprint density at radius 3 is 1.53 bits per heavy atom. The van der Waals surface area contributed by atoms with E-state index in [2.05, 4.69) is 34.0 Å². The zero-order valence-electron chi connectivity index (χ0n) is 13.9. The highest BCUT2D eigenvalue weighted by atomic mass is 16.5. The fourth-order valence-electron chi connectivity index (χ4n) is 1.47. The number of aryl methyl sites for hydroxylation is 2. The summed E-state index contributed by atoms with van der Waals surface area (Å²) in [5.74, 6) is 0.549. The Morgan fingerprint density at radius 2 is 1.30 bits per heavy atom. The maximum atomic E-state index is 4.84. The lowest BCUT2D eigenvalue weighted by atomic mass is 10.2. The van der Waals surface area contributed by atoms with Crippen molar-refractivity contribution in [2.75, 3.05) is 14.2 Å². The minimum atomic E-state index is 0. The Kier molecular flexibility index (Phi) is 43.1. The number of ether oxygens (including phenoxy) is 2. The second-order valence-corrected chi connectivity index (χ2v) is 4.43. The molecule has 0 atom stereocenters. The number of hydrogen-bond donors (Lipinski definition) is 0. The number of methoxy groups -OCH3 is 2. The highest BCUT2D eigenvalue weighted by Gasteiger charge is 1.92. The Balaban J connectivity index is -0.0000000475. The number of imidazole rings is 1. The van der Waals surface area contributed by atoms with Gasteiger partial charge in [-0.25, -0.2) is 9.97 Å². The van der Waals surface area contributed by atoms with Crippen molar-refractivity contribution in [1.29, 1.82) is 0 Å². The van der Waals surface area contributed by atoms with Crippen LogP contribution in [0.5, 0.6) is 11.9 Å². The molecule has 0 unspecified atom stereocenters. The molecule has 0 saturated carbocycles. The predicted octanol–water partition coefficient (Wildman–Crippen LogP) is 7.36. The van der Waals surface area contributed by atoms with Crippen molar-refractivity contribution >= 4 is 0 Å². The summed E-state index contributed by atoms with van der Waals surface area (Å²) in [7, 11) is 5.04. The molecule has 0 fully saturated rings. The van der Waals surface area contributed by atoms with Crippen molar-refractivity contribution < 1.29 is 9.47 Å². The van der Waals surface area contributed by atoms with Gasteiger partial charge in [0.2, 0.25) is 5.88 Å². The molecule has 6 nitrogen and oxygen atoms in total.